The summed E-state index contributed by atoms with van der Waals surface area (Å²) in [5.41, 5.74) is 4.68. The lowest BCUT2D eigenvalue weighted by atomic mass is 9.77. The van der Waals surface area contributed by atoms with Gasteiger partial charge in [-0.2, -0.15) is 5.10 Å². The molecule has 2 atom stereocenters. The maximum atomic E-state index is 13.2. The molecule has 0 radical (unpaired) electrons. The summed E-state index contributed by atoms with van der Waals surface area (Å²) in [7, 11) is 0. The minimum atomic E-state index is -0.0385. The monoisotopic (exact) mass is 431 g/mol. The first-order valence-electron chi connectivity index (χ1n) is 11.8. The van der Waals surface area contributed by atoms with Crippen molar-refractivity contribution in [1.29, 1.82) is 0 Å². The topological polar surface area (TPSA) is 53.9 Å². The van der Waals surface area contributed by atoms with Gasteiger partial charge in [0, 0.05) is 19.1 Å². The molecule has 5 nitrogen and oxygen atoms in total. The third-order valence-corrected chi connectivity index (χ3v) is 6.16. The maximum absolute atomic E-state index is 13.2. The van der Waals surface area contributed by atoms with Crippen molar-refractivity contribution in [3.8, 4) is 0 Å². The highest BCUT2D eigenvalue weighted by Gasteiger charge is 2.43. The predicted octanol–water partition coefficient (Wildman–Crippen LogP) is 4.83. The van der Waals surface area contributed by atoms with E-state index in [0.29, 0.717) is 6.61 Å². The van der Waals surface area contributed by atoms with Crippen molar-refractivity contribution < 1.29 is 9.53 Å². The van der Waals surface area contributed by atoms with Crippen LogP contribution in [0, 0.1) is 5.92 Å². The first-order valence-corrected chi connectivity index (χ1v) is 11.8. The van der Waals surface area contributed by atoms with Crippen LogP contribution in [0.5, 0.6) is 0 Å². The second-order valence-corrected chi connectivity index (χ2v) is 8.39. The number of rotatable bonds is 9. The van der Waals surface area contributed by atoms with Crippen LogP contribution in [-0.4, -0.2) is 42.9 Å². The number of carbonyl (C=O) groups excluding carboxylic acids is 1. The van der Waals surface area contributed by atoms with Gasteiger partial charge in [0.05, 0.1) is 18.3 Å². The van der Waals surface area contributed by atoms with Gasteiger partial charge < -0.3 is 10.1 Å². The Balaban J connectivity index is 1.55. The van der Waals surface area contributed by atoms with E-state index in [1.807, 2.05) is 31.2 Å². The zero-order valence-electron chi connectivity index (χ0n) is 18.9. The van der Waals surface area contributed by atoms with Gasteiger partial charge in [-0.25, -0.2) is 5.01 Å². The van der Waals surface area contributed by atoms with Crippen LogP contribution in [0.1, 0.15) is 49.8 Å². The Kier molecular flexibility index (Phi) is 7.86. The number of amides is 1. The summed E-state index contributed by atoms with van der Waals surface area (Å²) in [6, 6.07) is 20.7. The fourth-order valence-corrected chi connectivity index (χ4v) is 4.66. The van der Waals surface area contributed by atoms with Crippen molar-refractivity contribution in [3.63, 3.8) is 0 Å². The molecule has 2 aromatic rings. The average molecular weight is 432 g/mol. The van der Waals surface area contributed by atoms with E-state index >= 15 is 0 Å². The normalized spacial score (nSPS) is 21.5. The molecule has 1 N–H and O–H groups in total. The second kappa shape index (κ2) is 11.2. The lowest BCUT2D eigenvalue weighted by molar-refractivity contribution is -0.132. The van der Waals surface area contributed by atoms with Crippen LogP contribution in [0.4, 0.5) is 0 Å². The molecule has 1 saturated carbocycles. The molecule has 5 heteroatoms. The molecule has 0 aromatic heterocycles. The second-order valence-electron chi connectivity index (χ2n) is 8.39. The molecule has 168 valence electrons. The van der Waals surface area contributed by atoms with Gasteiger partial charge in [0.1, 0.15) is 0 Å². The van der Waals surface area contributed by atoms with Crippen molar-refractivity contribution in [2.24, 2.45) is 11.0 Å². The average Bonchev–Trinajstić information content (AvgIpc) is 3.23. The van der Waals surface area contributed by atoms with E-state index in [4.69, 9.17) is 9.84 Å². The Bertz CT molecular complexity index is 940. The molecule has 2 aromatic carbocycles. The van der Waals surface area contributed by atoms with Gasteiger partial charge in [-0.05, 0) is 61.9 Å². The third-order valence-electron chi connectivity index (χ3n) is 6.16. The number of ether oxygens (including phenoxy) is 1. The van der Waals surface area contributed by atoms with Crippen LogP contribution in [0.15, 0.2) is 71.3 Å². The fourth-order valence-electron chi connectivity index (χ4n) is 4.66. The van der Waals surface area contributed by atoms with Crippen molar-refractivity contribution in [1.82, 2.24) is 10.3 Å². The number of carbonyl (C=O) groups is 1. The molecule has 0 saturated heterocycles. The minimum absolute atomic E-state index is 0.0243. The quantitative estimate of drug-likeness (QED) is 0.579. The number of benzene rings is 2. The van der Waals surface area contributed by atoms with Gasteiger partial charge in [-0.3, -0.25) is 4.79 Å². The summed E-state index contributed by atoms with van der Waals surface area (Å²) in [6.07, 6.45) is 6.31. The van der Waals surface area contributed by atoms with E-state index in [1.54, 1.807) is 5.01 Å². The smallest absolute Gasteiger partial charge is 0.257 e. The van der Waals surface area contributed by atoms with Crippen LogP contribution in [0.25, 0.3) is 6.08 Å². The molecule has 1 heterocycles. The highest BCUT2D eigenvalue weighted by Crippen LogP contribution is 2.44. The largest absolute Gasteiger partial charge is 0.382 e. The first kappa shape index (κ1) is 22.4. The number of fused-ring (bicyclic) bond motifs is 1. The lowest BCUT2D eigenvalue weighted by Crippen LogP contribution is -2.37. The van der Waals surface area contributed by atoms with Gasteiger partial charge in [-0.15, -0.1) is 0 Å². The van der Waals surface area contributed by atoms with Gasteiger partial charge in [-0.1, -0.05) is 60.7 Å². The van der Waals surface area contributed by atoms with Gasteiger partial charge in [0.2, 0.25) is 0 Å². The number of nitrogens with one attached hydrogen (secondary N) is 1. The summed E-state index contributed by atoms with van der Waals surface area (Å²) < 4.78 is 5.38. The highest BCUT2D eigenvalue weighted by molar-refractivity contribution is 6.08. The molecule has 1 amide bonds. The lowest BCUT2D eigenvalue weighted by Gasteiger charge is -2.29. The van der Waals surface area contributed by atoms with Crippen LogP contribution >= 0.6 is 0 Å². The standard InChI is InChI=1S/C27H33N3O2/c1-2-32-18-10-17-28-20-25(31)30-27(22-13-7-4-8-14-22)24-16-9-15-23(26(24)29-30)19-21-11-5-3-6-12-21/h3-8,11-14,19,24,27-28H,2,9-10,15-18,20H2,1H3/b23-19+/t24-,27-/m1/s1. The molecule has 32 heavy (non-hydrogen) atoms. The predicted molar refractivity (Wildman–Crippen MR) is 129 cm³/mol. The highest BCUT2D eigenvalue weighted by atomic mass is 16.5. The Morgan fingerprint density at radius 3 is 2.66 bits per heavy atom. The zero-order chi connectivity index (χ0) is 22.2. The fraction of sp³-hybridized carbons (Fsp3) is 0.407. The van der Waals surface area contributed by atoms with E-state index in [2.05, 4.69) is 47.8 Å². The molecule has 1 fully saturated rings. The van der Waals surface area contributed by atoms with Crippen molar-refractivity contribution in [3.05, 3.63) is 77.4 Å². The van der Waals surface area contributed by atoms with Crippen LogP contribution in [-0.2, 0) is 9.53 Å². The summed E-state index contributed by atoms with van der Waals surface area (Å²) in [6.45, 7) is 4.48. The van der Waals surface area contributed by atoms with Crippen LogP contribution < -0.4 is 5.32 Å². The Labute approximate surface area is 191 Å². The van der Waals surface area contributed by atoms with Crippen molar-refractivity contribution in [2.75, 3.05) is 26.3 Å². The maximum Gasteiger partial charge on any atom is 0.257 e. The Morgan fingerprint density at radius 1 is 1.16 bits per heavy atom. The Hall–Kier alpha value is -2.76. The number of allylic oxidation sites excluding steroid dienone is 1. The molecule has 2 aliphatic rings. The molecule has 1 aliphatic heterocycles. The number of nitrogens with zero attached hydrogens (tertiary/aromatic N) is 2. The van der Waals surface area contributed by atoms with E-state index < -0.39 is 0 Å². The first-order chi connectivity index (χ1) is 15.8. The molecule has 0 spiro atoms. The van der Waals surface area contributed by atoms with E-state index in [0.717, 1.165) is 50.1 Å². The van der Waals surface area contributed by atoms with Crippen molar-refractivity contribution in [2.45, 2.75) is 38.6 Å². The molecule has 0 bridgehead atoms. The number of hydrogen-bond donors (Lipinski definition) is 1. The molecular weight excluding hydrogens is 398 g/mol. The Morgan fingerprint density at radius 2 is 1.91 bits per heavy atom. The molecular formula is C27H33N3O2. The van der Waals surface area contributed by atoms with Gasteiger partial charge in [0.15, 0.2) is 0 Å². The zero-order valence-corrected chi connectivity index (χ0v) is 18.9. The molecule has 4 rings (SSSR count). The summed E-state index contributed by atoms with van der Waals surface area (Å²) in [4.78, 5) is 13.2. The summed E-state index contributed by atoms with van der Waals surface area (Å²) in [5.74, 6) is 0.263. The molecule has 0 unspecified atom stereocenters. The van der Waals surface area contributed by atoms with E-state index in [-0.39, 0.29) is 24.4 Å². The summed E-state index contributed by atoms with van der Waals surface area (Å²) >= 11 is 0. The van der Waals surface area contributed by atoms with E-state index in [9.17, 15) is 4.79 Å². The number of hydrogen-bond acceptors (Lipinski definition) is 4. The molecule has 1 aliphatic carbocycles. The van der Waals surface area contributed by atoms with Gasteiger partial charge in [0.25, 0.3) is 5.91 Å². The van der Waals surface area contributed by atoms with E-state index in [1.165, 1.54) is 11.1 Å². The summed E-state index contributed by atoms with van der Waals surface area (Å²) in [5, 5.41) is 9.96. The minimum Gasteiger partial charge on any atom is -0.382 e. The third kappa shape index (κ3) is 5.34. The van der Waals surface area contributed by atoms with Gasteiger partial charge >= 0.3 is 0 Å². The number of hydrazone groups is 1. The van der Waals surface area contributed by atoms with Crippen LogP contribution in [0.2, 0.25) is 0 Å². The SMILES string of the molecule is CCOCCCNCC(=O)N1N=C2/C(=C/c3ccccc3)CCC[C@H]2[C@H]1c1ccccc1. The van der Waals surface area contributed by atoms with Crippen LogP contribution in [0.3, 0.4) is 0 Å². The van der Waals surface area contributed by atoms with Crippen molar-refractivity contribution >= 4 is 17.7 Å².